The van der Waals surface area contributed by atoms with Crippen LogP contribution in [-0.2, 0) is 0 Å². The molecule has 1 aromatic carbocycles. The molecule has 4 rings (SSSR count). The summed E-state index contributed by atoms with van der Waals surface area (Å²) in [7, 11) is 0. The lowest BCUT2D eigenvalue weighted by Gasteiger charge is -2.30. The van der Waals surface area contributed by atoms with Crippen molar-refractivity contribution in [3.63, 3.8) is 0 Å². The predicted octanol–water partition coefficient (Wildman–Crippen LogP) is 1.66. The van der Waals surface area contributed by atoms with E-state index in [4.69, 9.17) is 4.99 Å². The van der Waals surface area contributed by atoms with Crippen LogP contribution in [-0.4, -0.2) is 41.6 Å². The Morgan fingerprint density at radius 1 is 1.00 bits per heavy atom. The summed E-state index contributed by atoms with van der Waals surface area (Å²) in [6.07, 6.45) is 2.04. The Labute approximate surface area is 117 Å². The molecule has 0 atom stereocenters. The number of anilines is 1. The van der Waals surface area contributed by atoms with Gasteiger partial charge in [0.15, 0.2) is 5.84 Å². The van der Waals surface area contributed by atoms with Gasteiger partial charge in [0.05, 0.1) is 11.4 Å². The second kappa shape index (κ2) is 4.68. The molecule has 1 fully saturated rings. The number of fused-ring (bicyclic) bond motifs is 2. The standard InChI is InChI=1S/C15H17N5/c1-2-5-13-12(4-1)17-15(19-10-7-16-8-11-19)14-6-3-9-20(14)18-13/h1-6,9,16,18H,7-8,10-11H2. The highest BCUT2D eigenvalue weighted by Gasteiger charge is 2.22. The summed E-state index contributed by atoms with van der Waals surface area (Å²) in [5, 5.41) is 3.39. The monoisotopic (exact) mass is 267 g/mol. The Bertz CT molecular complexity index is 652. The molecule has 5 heteroatoms. The van der Waals surface area contributed by atoms with Crippen molar-refractivity contribution < 1.29 is 0 Å². The van der Waals surface area contributed by atoms with E-state index in [1.807, 2.05) is 29.1 Å². The molecule has 2 aromatic rings. The summed E-state index contributed by atoms with van der Waals surface area (Å²) in [6.45, 7) is 4.00. The van der Waals surface area contributed by atoms with Gasteiger partial charge in [0, 0.05) is 32.4 Å². The van der Waals surface area contributed by atoms with Crippen LogP contribution in [0.1, 0.15) is 5.69 Å². The third kappa shape index (κ3) is 1.87. The number of rotatable bonds is 0. The number of hydrogen-bond donors (Lipinski definition) is 2. The SMILES string of the molecule is c1ccc2c(c1)N=C(N1CCNCC1)c1cccn1N2. The molecule has 2 aliphatic rings. The number of nitrogens with zero attached hydrogens (tertiary/aromatic N) is 3. The number of para-hydroxylation sites is 2. The summed E-state index contributed by atoms with van der Waals surface area (Å²) in [6, 6.07) is 12.3. The van der Waals surface area contributed by atoms with E-state index in [2.05, 4.69) is 33.8 Å². The van der Waals surface area contributed by atoms with Gasteiger partial charge in [-0.3, -0.25) is 10.1 Å². The fraction of sp³-hybridized carbons (Fsp3) is 0.267. The normalized spacial score (nSPS) is 17.6. The molecule has 102 valence electrons. The molecule has 0 bridgehead atoms. The van der Waals surface area contributed by atoms with E-state index in [9.17, 15) is 0 Å². The zero-order valence-corrected chi connectivity index (χ0v) is 11.2. The molecule has 0 spiro atoms. The van der Waals surface area contributed by atoms with Crippen LogP contribution in [0, 0.1) is 0 Å². The van der Waals surface area contributed by atoms with Gasteiger partial charge in [-0.25, -0.2) is 4.99 Å². The minimum absolute atomic E-state index is 0.990. The van der Waals surface area contributed by atoms with Crippen molar-refractivity contribution in [1.29, 1.82) is 0 Å². The second-order valence-corrected chi connectivity index (χ2v) is 5.06. The van der Waals surface area contributed by atoms with Crippen molar-refractivity contribution in [2.75, 3.05) is 31.6 Å². The molecule has 0 unspecified atom stereocenters. The molecular weight excluding hydrogens is 250 g/mol. The Kier molecular flexibility index (Phi) is 2.70. The maximum Gasteiger partial charge on any atom is 0.155 e. The van der Waals surface area contributed by atoms with E-state index in [0.717, 1.165) is 49.1 Å². The molecule has 2 N–H and O–H groups in total. The fourth-order valence-corrected chi connectivity index (χ4v) is 2.74. The minimum atomic E-state index is 0.990. The largest absolute Gasteiger partial charge is 0.352 e. The van der Waals surface area contributed by atoms with Gasteiger partial charge in [0.1, 0.15) is 5.69 Å². The molecule has 0 radical (unpaired) electrons. The zero-order chi connectivity index (χ0) is 13.4. The minimum Gasteiger partial charge on any atom is -0.352 e. The molecule has 1 aromatic heterocycles. The molecule has 0 aliphatic carbocycles. The summed E-state index contributed by atoms with van der Waals surface area (Å²) >= 11 is 0. The summed E-state index contributed by atoms with van der Waals surface area (Å²) in [4.78, 5) is 7.26. The summed E-state index contributed by atoms with van der Waals surface area (Å²) in [5.74, 6) is 1.05. The van der Waals surface area contributed by atoms with E-state index >= 15 is 0 Å². The lowest BCUT2D eigenvalue weighted by molar-refractivity contribution is 0.357. The maximum absolute atomic E-state index is 4.91. The quantitative estimate of drug-likeness (QED) is 0.763. The molecule has 5 nitrogen and oxygen atoms in total. The average Bonchev–Trinajstić information content (AvgIpc) is 2.89. The molecule has 3 heterocycles. The lowest BCUT2D eigenvalue weighted by atomic mass is 10.2. The number of hydrogen-bond acceptors (Lipinski definition) is 4. The van der Waals surface area contributed by atoms with E-state index in [1.54, 1.807) is 0 Å². The van der Waals surface area contributed by atoms with Gasteiger partial charge in [-0.15, -0.1) is 0 Å². The van der Waals surface area contributed by atoms with Crippen LogP contribution in [0.5, 0.6) is 0 Å². The molecule has 0 amide bonds. The number of benzene rings is 1. The highest BCUT2D eigenvalue weighted by atomic mass is 15.4. The van der Waals surface area contributed by atoms with Crippen LogP contribution in [0.4, 0.5) is 11.4 Å². The van der Waals surface area contributed by atoms with Crippen LogP contribution >= 0.6 is 0 Å². The fourth-order valence-electron chi connectivity index (χ4n) is 2.74. The summed E-state index contributed by atoms with van der Waals surface area (Å²) < 4.78 is 2.05. The van der Waals surface area contributed by atoms with Gasteiger partial charge < -0.3 is 10.2 Å². The number of nitrogens with one attached hydrogen (secondary N) is 2. The van der Waals surface area contributed by atoms with Crippen LogP contribution in [0.15, 0.2) is 47.6 Å². The van der Waals surface area contributed by atoms with Crippen LogP contribution in [0.25, 0.3) is 0 Å². The van der Waals surface area contributed by atoms with Crippen LogP contribution in [0.3, 0.4) is 0 Å². The van der Waals surface area contributed by atoms with E-state index in [1.165, 1.54) is 0 Å². The average molecular weight is 267 g/mol. The lowest BCUT2D eigenvalue weighted by Crippen LogP contribution is -2.47. The topological polar surface area (TPSA) is 44.6 Å². The van der Waals surface area contributed by atoms with Gasteiger partial charge in [-0.2, -0.15) is 0 Å². The van der Waals surface area contributed by atoms with E-state index in [0.29, 0.717) is 0 Å². The number of aromatic nitrogens is 1. The van der Waals surface area contributed by atoms with Gasteiger partial charge in [0.25, 0.3) is 0 Å². The van der Waals surface area contributed by atoms with E-state index < -0.39 is 0 Å². The van der Waals surface area contributed by atoms with E-state index in [-0.39, 0.29) is 0 Å². The predicted molar refractivity (Wildman–Crippen MR) is 80.5 cm³/mol. The first-order chi connectivity index (χ1) is 9.92. The maximum atomic E-state index is 4.91. The van der Waals surface area contributed by atoms with Gasteiger partial charge >= 0.3 is 0 Å². The van der Waals surface area contributed by atoms with Crippen molar-refractivity contribution >= 4 is 17.2 Å². The van der Waals surface area contributed by atoms with Crippen molar-refractivity contribution in [3.05, 3.63) is 48.3 Å². The van der Waals surface area contributed by atoms with Crippen molar-refractivity contribution in [3.8, 4) is 0 Å². The van der Waals surface area contributed by atoms with Gasteiger partial charge in [-0.05, 0) is 24.3 Å². The van der Waals surface area contributed by atoms with Crippen molar-refractivity contribution in [2.45, 2.75) is 0 Å². The van der Waals surface area contributed by atoms with Gasteiger partial charge in [-0.1, -0.05) is 12.1 Å². The smallest absolute Gasteiger partial charge is 0.155 e. The Morgan fingerprint density at radius 3 is 2.75 bits per heavy atom. The number of aliphatic imine (C=N–C) groups is 1. The second-order valence-electron chi connectivity index (χ2n) is 5.06. The highest BCUT2D eigenvalue weighted by Crippen LogP contribution is 2.29. The Hall–Kier alpha value is -2.27. The van der Waals surface area contributed by atoms with Crippen molar-refractivity contribution in [1.82, 2.24) is 14.9 Å². The highest BCUT2D eigenvalue weighted by molar-refractivity contribution is 6.01. The van der Waals surface area contributed by atoms with Crippen LogP contribution in [0.2, 0.25) is 0 Å². The Morgan fingerprint density at radius 2 is 1.85 bits per heavy atom. The van der Waals surface area contributed by atoms with Gasteiger partial charge in [0.2, 0.25) is 0 Å². The zero-order valence-electron chi connectivity index (χ0n) is 11.2. The van der Waals surface area contributed by atoms with Crippen molar-refractivity contribution in [2.24, 2.45) is 4.99 Å². The molecule has 0 saturated carbocycles. The first-order valence-electron chi connectivity index (χ1n) is 7.00. The number of amidine groups is 1. The Balaban J connectivity index is 1.84. The summed E-state index contributed by atoms with van der Waals surface area (Å²) in [5.41, 5.74) is 6.55. The molecular formula is C15H17N5. The molecule has 1 saturated heterocycles. The first kappa shape index (κ1) is 11.5. The third-order valence-electron chi connectivity index (χ3n) is 3.77. The first-order valence-corrected chi connectivity index (χ1v) is 7.00. The molecule has 20 heavy (non-hydrogen) atoms. The number of piperazine rings is 1. The third-order valence-corrected chi connectivity index (χ3v) is 3.77. The molecule has 2 aliphatic heterocycles. The van der Waals surface area contributed by atoms with Crippen LogP contribution < -0.4 is 10.7 Å².